The molecule has 1 fully saturated rings. The van der Waals surface area contributed by atoms with Gasteiger partial charge in [0.15, 0.2) is 0 Å². The second-order valence-electron chi connectivity index (χ2n) is 5.89. The minimum atomic E-state index is 0.711. The fraction of sp³-hybridized carbons (Fsp3) is 0.733. The first kappa shape index (κ1) is 13.1. The van der Waals surface area contributed by atoms with Crippen molar-refractivity contribution in [3.63, 3.8) is 0 Å². The van der Waals surface area contributed by atoms with Gasteiger partial charge < -0.3 is 5.73 Å². The van der Waals surface area contributed by atoms with E-state index in [4.69, 9.17) is 5.73 Å². The van der Waals surface area contributed by atoms with Crippen molar-refractivity contribution in [2.75, 3.05) is 6.54 Å². The molecule has 1 heterocycles. The van der Waals surface area contributed by atoms with Gasteiger partial charge in [0.05, 0.1) is 0 Å². The summed E-state index contributed by atoms with van der Waals surface area (Å²) in [7, 11) is 0. The summed E-state index contributed by atoms with van der Waals surface area (Å²) in [6.45, 7) is 7.84. The van der Waals surface area contributed by atoms with Crippen molar-refractivity contribution in [3.8, 4) is 0 Å². The van der Waals surface area contributed by atoms with E-state index < -0.39 is 0 Å². The molecule has 2 heteroatoms. The predicted molar refractivity (Wildman–Crippen MR) is 76.5 cm³/mol. The Hall–Kier alpha value is -0.340. The molecule has 0 bridgehead atoms. The SMILES string of the molecule is Cc1ccsc1C1CC(C(C)C)CCC1CN. The summed E-state index contributed by atoms with van der Waals surface area (Å²) in [5.74, 6) is 3.14. The monoisotopic (exact) mass is 251 g/mol. The van der Waals surface area contributed by atoms with E-state index in [1.54, 1.807) is 4.88 Å². The van der Waals surface area contributed by atoms with E-state index >= 15 is 0 Å². The van der Waals surface area contributed by atoms with E-state index in [1.807, 2.05) is 11.3 Å². The summed E-state index contributed by atoms with van der Waals surface area (Å²) in [6.07, 6.45) is 4.04. The minimum absolute atomic E-state index is 0.711. The number of hydrogen-bond acceptors (Lipinski definition) is 2. The highest BCUT2D eigenvalue weighted by atomic mass is 32.1. The average molecular weight is 251 g/mol. The van der Waals surface area contributed by atoms with Gasteiger partial charge in [-0.1, -0.05) is 13.8 Å². The first-order valence-electron chi connectivity index (χ1n) is 6.87. The van der Waals surface area contributed by atoms with Gasteiger partial charge in [0.1, 0.15) is 0 Å². The van der Waals surface area contributed by atoms with Gasteiger partial charge in [0.2, 0.25) is 0 Å². The maximum Gasteiger partial charge on any atom is 0.0109 e. The molecule has 0 spiro atoms. The third kappa shape index (κ3) is 2.74. The normalized spacial score (nSPS) is 29.8. The topological polar surface area (TPSA) is 26.0 Å². The molecule has 0 saturated heterocycles. The highest BCUT2D eigenvalue weighted by Gasteiger charge is 2.33. The molecule has 2 N–H and O–H groups in total. The van der Waals surface area contributed by atoms with Crippen LogP contribution in [0.3, 0.4) is 0 Å². The van der Waals surface area contributed by atoms with Crippen LogP contribution < -0.4 is 5.73 Å². The first-order valence-corrected chi connectivity index (χ1v) is 7.75. The highest BCUT2D eigenvalue weighted by Crippen LogP contribution is 2.45. The van der Waals surface area contributed by atoms with Crippen molar-refractivity contribution in [2.45, 2.75) is 46.0 Å². The van der Waals surface area contributed by atoms with Crippen LogP contribution in [0.25, 0.3) is 0 Å². The summed E-state index contributed by atoms with van der Waals surface area (Å²) >= 11 is 1.93. The molecule has 2 rings (SSSR count). The smallest absolute Gasteiger partial charge is 0.0109 e. The molecular weight excluding hydrogens is 226 g/mol. The standard InChI is InChI=1S/C15H25NS/c1-10(2)12-4-5-13(9-16)14(8-12)15-11(3)6-7-17-15/h6-7,10,12-14H,4-5,8-9,16H2,1-3H3. The molecule has 1 saturated carbocycles. The van der Waals surface area contributed by atoms with Crippen LogP contribution in [0.2, 0.25) is 0 Å². The summed E-state index contributed by atoms with van der Waals surface area (Å²) in [5, 5.41) is 2.23. The molecule has 1 aromatic rings. The van der Waals surface area contributed by atoms with Gasteiger partial charge in [-0.05, 0) is 73.4 Å². The number of hydrogen-bond donors (Lipinski definition) is 1. The van der Waals surface area contributed by atoms with Crippen LogP contribution in [0.4, 0.5) is 0 Å². The van der Waals surface area contributed by atoms with Crippen molar-refractivity contribution >= 4 is 11.3 Å². The lowest BCUT2D eigenvalue weighted by molar-refractivity contribution is 0.199. The zero-order valence-corrected chi connectivity index (χ0v) is 12.1. The molecule has 17 heavy (non-hydrogen) atoms. The van der Waals surface area contributed by atoms with Crippen LogP contribution >= 0.6 is 11.3 Å². The van der Waals surface area contributed by atoms with E-state index in [1.165, 1.54) is 24.8 Å². The van der Waals surface area contributed by atoms with Crippen LogP contribution in [0.15, 0.2) is 11.4 Å². The Kier molecular flexibility index (Phi) is 4.26. The number of nitrogens with two attached hydrogens (primary N) is 1. The number of thiophene rings is 1. The summed E-state index contributed by atoms with van der Waals surface area (Å²) in [5.41, 5.74) is 7.45. The molecule has 0 aromatic carbocycles. The molecule has 0 amide bonds. The van der Waals surface area contributed by atoms with Gasteiger partial charge in [0, 0.05) is 4.88 Å². The molecule has 1 aromatic heterocycles. The zero-order chi connectivity index (χ0) is 12.4. The van der Waals surface area contributed by atoms with E-state index in [0.29, 0.717) is 5.92 Å². The molecule has 1 nitrogen and oxygen atoms in total. The van der Waals surface area contributed by atoms with Crippen LogP contribution in [0.5, 0.6) is 0 Å². The molecular formula is C15H25NS. The first-order chi connectivity index (χ1) is 8.13. The van der Waals surface area contributed by atoms with Crippen LogP contribution in [-0.4, -0.2) is 6.54 Å². The Morgan fingerprint density at radius 2 is 2.18 bits per heavy atom. The van der Waals surface area contributed by atoms with Crippen LogP contribution in [-0.2, 0) is 0 Å². The molecule has 0 radical (unpaired) electrons. The predicted octanol–water partition coefficient (Wildman–Crippen LogP) is 4.17. The van der Waals surface area contributed by atoms with E-state index in [-0.39, 0.29) is 0 Å². The van der Waals surface area contributed by atoms with Crippen molar-refractivity contribution in [1.82, 2.24) is 0 Å². The molecule has 3 atom stereocenters. The second-order valence-corrected chi connectivity index (χ2v) is 6.83. The van der Waals surface area contributed by atoms with Crippen molar-refractivity contribution < 1.29 is 0 Å². The Morgan fingerprint density at radius 1 is 1.41 bits per heavy atom. The van der Waals surface area contributed by atoms with Gasteiger partial charge in [-0.2, -0.15) is 0 Å². The molecule has 0 aliphatic heterocycles. The molecule has 1 aliphatic rings. The van der Waals surface area contributed by atoms with E-state index in [2.05, 4.69) is 32.2 Å². The number of aryl methyl sites for hydroxylation is 1. The Bertz CT molecular complexity index is 356. The third-order valence-electron chi connectivity index (χ3n) is 4.52. The number of rotatable bonds is 3. The van der Waals surface area contributed by atoms with Crippen molar-refractivity contribution in [3.05, 3.63) is 21.9 Å². The zero-order valence-electron chi connectivity index (χ0n) is 11.3. The maximum absolute atomic E-state index is 5.98. The van der Waals surface area contributed by atoms with Gasteiger partial charge >= 0.3 is 0 Å². The molecule has 3 unspecified atom stereocenters. The Balaban J connectivity index is 2.18. The summed E-state index contributed by atoms with van der Waals surface area (Å²) < 4.78 is 0. The lowest BCUT2D eigenvalue weighted by Crippen LogP contribution is -2.30. The molecule has 1 aliphatic carbocycles. The van der Waals surface area contributed by atoms with Crippen molar-refractivity contribution in [2.24, 2.45) is 23.5 Å². The average Bonchev–Trinajstić information content (AvgIpc) is 2.74. The van der Waals surface area contributed by atoms with Gasteiger partial charge in [-0.25, -0.2) is 0 Å². The fourth-order valence-electron chi connectivity index (χ4n) is 3.24. The van der Waals surface area contributed by atoms with Crippen LogP contribution in [0, 0.1) is 24.7 Å². The van der Waals surface area contributed by atoms with Gasteiger partial charge in [-0.3, -0.25) is 0 Å². The lowest BCUT2D eigenvalue weighted by Gasteiger charge is -2.37. The minimum Gasteiger partial charge on any atom is -0.330 e. The van der Waals surface area contributed by atoms with Crippen LogP contribution in [0.1, 0.15) is 49.5 Å². The summed E-state index contributed by atoms with van der Waals surface area (Å²) in [6, 6.07) is 2.26. The Morgan fingerprint density at radius 3 is 2.71 bits per heavy atom. The largest absolute Gasteiger partial charge is 0.330 e. The lowest BCUT2D eigenvalue weighted by atomic mass is 9.69. The third-order valence-corrected chi connectivity index (χ3v) is 5.67. The highest BCUT2D eigenvalue weighted by molar-refractivity contribution is 7.10. The fourth-order valence-corrected chi connectivity index (χ4v) is 4.38. The van der Waals surface area contributed by atoms with E-state index in [9.17, 15) is 0 Å². The van der Waals surface area contributed by atoms with E-state index in [0.717, 1.165) is 24.3 Å². The second kappa shape index (κ2) is 5.53. The van der Waals surface area contributed by atoms with Crippen molar-refractivity contribution in [1.29, 1.82) is 0 Å². The summed E-state index contributed by atoms with van der Waals surface area (Å²) in [4.78, 5) is 1.60. The maximum atomic E-state index is 5.98. The van der Waals surface area contributed by atoms with Gasteiger partial charge in [-0.15, -0.1) is 11.3 Å². The molecule has 96 valence electrons. The Labute approximate surface area is 109 Å². The van der Waals surface area contributed by atoms with Gasteiger partial charge in [0.25, 0.3) is 0 Å². The quantitative estimate of drug-likeness (QED) is 0.857.